The van der Waals surface area contributed by atoms with Gasteiger partial charge in [0, 0.05) is 24.7 Å². The van der Waals surface area contributed by atoms with Crippen molar-refractivity contribution in [2.24, 2.45) is 5.92 Å². The number of aliphatic hydroxyl groups is 1. The van der Waals surface area contributed by atoms with Crippen LogP contribution in [0.25, 0.3) is 0 Å². The molecule has 2 unspecified atom stereocenters. The van der Waals surface area contributed by atoms with Crippen molar-refractivity contribution in [2.45, 2.75) is 38.3 Å². The Hall–Kier alpha value is -1.46. The monoisotopic (exact) mass is 278 g/mol. The average Bonchev–Trinajstić information content (AvgIpc) is 2.41. The molecule has 1 aliphatic carbocycles. The highest BCUT2D eigenvalue weighted by Crippen LogP contribution is 2.26. The molecule has 0 radical (unpaired) electrons. The van der Waals surface area contributed by atoms with Crippen LogP contribution in [0.1, 0.15) is 31.2 Å². The normalized spacial score (nSPS) is 22.9. The van der Waals surface area contributed by atoms with Crippen molar-refractivity contribution in [3.63, 3.8) is 0 Å². The molecule has 0 spiro atoms. The molecule has 5 heteroatoms. The van der Waals surface area contributed by atoms with Gasteiger partial charge in [-0.25, -0.2) is 0 Å². The molecule has 1 aromatic rings. The van der Waals surface area contributed by atoms with Crippen LogP contribution in [0.15, 0.2) is 24.3 Å². The van der Waals surface area contributed by atoms with E-state index in [2.05, 4.69) is 4.90 Å². The SMILES string of the molecule is CN(Cc1ccccc1[N+](=O)[O-])CC1CCCCC1O. The minimum atomic E-state index is -0.335. The van der Waals surface area contributed by atoms with Gasteiger partial charge in [-0.05, 0) is 25.8 Å². The molecule has 1 fully saturated rings. The van der Waals surface area contributed by atoms with Crippen molar-refractivity contribution < 1.29 is 10.0 Å². The summed E-state index contributed by atoms with van der Waals surface area (Å²) in [6, 6.07) is 6.85. The van der Waals surface area contributed by atoms with E-state index in [1.165, 1.54) is 6.42 Å². The molecule has 0 aromatic heterocycles. The van der Waals surface area contributed by atoms with Crippen LogP contribution in [0.3, 0.4) is 0 Å². The van der Waals surface area contributed by atoms with Crippen molar-refractivity contribution in [2.75, 3.05) is 13.6 Å². The fraction of sp³-hybridized carbons (Fsp3) is 0.600. The fourth-order valence-corrected chi connectivity index (χ4v) is 2.98. The van der Waals surface area contributed by atoms with Gasteiger partial charge in [-0.2, -0.15) is 0 Å². The number of nitro groups is 1. The van der Waals surface area contributed by atoms with Crippen LogP contribution in [0.5, 0.6) is 0 Å². The first-order valence-electron chi connectivity index (χ1n) is 7.17. The predicted octanol–water partition coefficient (Wildman–Crippen LogP) is 2.58. The number of rotatable bonds is 5. The molecule has 20 heavy (non-hydrogen) atoms. The maximum Gasteiger partial charge on any atom is 0.273 e. The van der Waals surface area contributed by atoms with Crippen LogP contribution in [0, 0.1) is 16.0 Å². The standard InChI is InChI=1S/C15H22N2O3/c1-16(11-13-7-3-5-9-15(13)18)10-12-6-2-4-8-14(12)17(19)20/h2,4,6,8,13,15,18H,3,5,7,9-11H2,1H3. The lowest BCUT2D eigenvalue weighted by atomic mass is 9.86. The zero-order chi connectivity index (χ0) is 14.5. The molecule has 0 heterocycles. The first-order chi connectivity index (χ1) is 9.58. The molecule has 0 amide bonds. The van der Waals surface area contributed by atoms with Gasteiger partial charge in [0.2, 0.25) is 0 Å². The molecule has 0 aliphatic heterocycles. The van der Waals surface area contributed by atoms with Gasteiger partial charge in [0.05, 0.1) is 11.0 Å². The van der Waals surface area contributed by atoms with E-state index in [4.69, 9.17) is 0 Å². The first-order valence-corrected chi connectivity index (χ1v) is 7.17. The van der Waals surface area contributed by atoms with Crippen molar-refractivity contribution in [3.8, 4) is 0 Å². The van der Waals surface area contributed by atoms with Gasteiger partial charge in [0.1, 0.15) is 0 Å². The van der Waals surface area contributed by atoms with E-state index in [-0.39, 0.29) is 22.6 Å². The molecule has 1 aromatic carbocycles. The van der Waals surface area contributed by atoms with Crippen molar-refractivity contribution >= 4 is 5.69 Å². The molecule has 2 atom stereocenters. The summed E-state index contributed by atoms with van der Waals surface area (Å²) in [4.78, 5) is 12.7. The Labute approximate surface area is 119 Å². The lowest BCUT2D eigenvalue weighted by Crippen LogP contribution is -2.34. The topological polar surface area (TPSA) is 66.6 Å². The highest BCUT2D eigenvalue weighted by atomic mass is 16.6. The lowest BCUT2D eigenvalue weighted by Gasteiger charge is -2.31. The number of para-hydroxylation sites is 1. The molecule has 1 N–H and O–H groups in total. The van der Waals surface area contributed by atoms with Crippen molar-refractivity contribution in [3.05, 3.63) is 39.9 Å². The Bertz CT molecular complexity index is 464. The Morgan fingerprint density at radius 2 is 2.05 bits per heavy atom. The Balaban J connectivity index is 1.97. The summed E-state index contributed by atoms with van der Waals surface area (Å²) in [5.74, 6) is 0.288. The highest BCUT2D eigenvalue weighted by Gasteiger charge is 2.24. The molecular weight excluding hydrogens is 256 g/mol. The second-order valence-corrected chi connectivity index (χ2v) is 5.69. The Morgan fingerprint density at radius 3 is 2.75 bits per heavy atom. The minimum Gasteiger partial charge on any atom is -0.393 e. The van der Waals surface area contributed by atoms with Gasteiger partial charge < -0.3 is 10.0 Å². The fourth-order valence-electron chi connectivity index (χ4n) is 2.98. The summed E-state index contributed by atoms with van der Waals surface area (Å²) >= 11 is 0. The third kappa shape index (κ3) is 3.77. The van der Waals surface area contributed by atoms with Gasteiger partial charge in [0.25, 0.3) is 5.69 Å². The second kappa shape index (κ2) is 6.81. The molecule has 5 nitrogen and oxygen atoms in total. The van der Waals surface area contributed by atoms with E-state index in [0.717, 1.165) is 31.4 Å². The largest absolute Gasteiger partial charge is 0.393 e. The number of benzene rings is 1. The summed E-state index contributed by atoms with van der Waals surface area (Å²) in [5.41, 5.74) is 0.897. The highest BCUT2D eigenvalue weighted by molar-refractivity contribution is 5.39. The summed E-state index contributed by atoms with van der Waals surface area (Å²) in [6.45, 7) is 1.33. The van der Waals surface area contributed by atoms with Gasteiger partial charge >= 0.3 is 0 Å². The van der Waals surface area contributed by atoms with Gasteiger partial charge in [-0.15, -0.1) is 0 Å². The maximum absolute atomic E-state index is 11.0. The summed E-state index contributed by atoms with van der Waals surface area (Å²) in [6.07, 6.45) is 3.97. The molecule has 110 valence electrons. The Morgan fingerprint density at radius 1 is 1.35 bits per heavy atom. The third-order valence-corrected chi connectivity index (χ3v) is 4.04. The van der Waals surface area contributed by atoms with Crippen LogP contribution >= 0.6 is 0 Å². The van der Waals surface area contributed by atoms with E-state index in [9.17, 15) is 15.2 Å². The molecule has 1 aliphatic rings. The van der Waals surface area contributed by atoms with Crippen LogP contribution < -0.4 is 0 Å². The van der Waals surface area contributed by atoms with E-state index in [1.54, 1.807) is 18.2 Å². The number of nitro benzene ring substituents is 1. The second-order valence-electron chi connectivity index (χ2n) is 5.69. The summed E-state index contributed by atoms with van der Waals surface area (Å²) < 4.78 is 0. The number of hydrogen-bond donors (Lipinski definition) is 1. The lowest BCUT2D eigenvalue weighted by molar-refractivity contribution is -0.385. The van der Waals surface area contributed by atoms with E-state index in [0.29, 0.717) is 6.54 Å². The summed E-state index contributed by atoms with van der Waals surface area (Å²) in [7, 11) is 1.96. The quantitative estimate of drug-likeness (QED) is 0.664. The van der Waals surface area contributed by atoms with Gasteiger partial charge in [-0.1, -0.05) is 31.0 Å². The number of aliphatic hydroxyl groups excluding tert-OH is 1. The van der Waals surface area contributed by atoms with E-state index < -0.39 is 0 Å². The predicted molar refractivity (Wildman–Crippen MR) is 77.4 cm³/mol. The zero-order valence-electron chi connectivity index (χ0n) is 11.9. The van der Waals surface area contributed by atoms with Crippen molar-refractivity contribution in [1.29, 1.82) is 0 Å². The minimum absolute atomic E-state index is 0.170. The number of nitrogens with zero attached hydrogens (tertiary/aromatic N) is 2. The molecule has 0 saturated heterocycles. The summed E-state index contributed by atoms with van der Waals surface area (Å²) in [5, 5.41) is 21.0. The molecule has 2 rings (SSSR count). The van der Waals surface area contributed by atoms with Crippen LogP contribution in [-0.2, 0) is 6.54 Å². The third-order valence-electron chi connectivity index (χ3n) is 4.04. The van der Waals surface area contributed by atoms with Crippen LogP contribution in [0.2, 0.25) is 0 Å². The molecule has 0 bridgehead atoms. The number of hydrogen-bond acceptors (Lipinski definition) is 4. The first kappa shape index (κ1) is 14.9. The van der Waals surface area contributed by atoms with Crippen LogP contribution in [-0.4, -0.2) is 34.6 Å². The average molecular weight is 278 g/mol. The molecule has 1 saturated carbocycles. The van der Waals surface area contributed by atoms with Gasteiger partial charge in [-0.3, -0.25) is 10.1 Å². The maximum atomic E-state index is 11.0. The Kier molecular flexibility index (Phi) is 5.09. The molecular formula is C15H22N2O3. The van der Waals surface area contributed by atoms with Gasteiger partial charge in [0.15, 0.2) is 0 Å². The van der Waals surface area contributed by atoms with E-state index >= 15 is 0 Å². The van der Waals surface area contributed by atoms with E-state index in [1.807, 2.05) is 13.1 Å². The zero-order valence-corrected chi connectivity index (χ0v) is 11.9. The van der Waals surface area contributed by atoms with Crippen molar-refractivity contribution in [1.82, 2.24) is 4.90 Å². The van der Waals surface area contributed by atoms with Crippen LogP contribution in [0.4, 0.5) is 5.69 Å². The smallest absolute Gasteiger partial charge is 0.273 e.